The zero-order valence-corrected chi connectivity index (χ0v) is 18.3. The number of sulfonamides is 1. The first-order chi connectivity index (χ1) is 13.7. The first-order valence-electron chi connectivity index (χ1n) is 9.31. The lowest BCUT2D eigenvalue weighted by molar-refractivity contribution is 0.102. The maximum Gasteiger partial charge on any atom is 0.257 e. The Kier molecular flexibility index (Phi) is 7.50. The monoisotopic (exact) mass is 420 g/mol. The van der Waals surface area contributed by atoms with E-state index in [4.69, 9.17) is 9.47 Å². The number of benzene rings is 2. The molecule has 2 aromatic carbocycles. The molecule has 0 saturated heterocycles. The lowest BCUT2D eigenvalue weighted by Gasteiger charge is -2.22. The molecule has 29 heavy (non-hydrogen) atoms. The van der Waals surface area contributed by atoms with E-state index in [2.05, 4.69) is 12.2 Å². The standard InChI is InChI=1S/C21H28N2O5S/c1-6-7-8-15-9-11-16(12-10-15)22-21(24)17-13-19(27-3)20(28-4)14-18(17)23(2)29(5,25)26/h9-14H,6-8H2,1-5H3,(H,22,24). The maximum absolute atomic E-state index is 13.0. The molecule has 1 N–H and O–H groups in total. The van der Waals surface area contributed by atoms with E-state index in [1.54, 1.807) is 0 Å². The van der Waals surface area contributed by atoms with Gasteiger partial charge in [-0.1, -0.05) is 25.5 Å². The fraction of sp³-hybridized carbons (Fsp3) is 0.381. The van der Waals surface area contributed by atoms with Crippen LogP contribution in [-0.2, 0) is 16.4 Å². The van der Waals surface area contributed by atoms with Crippen molar-refractivity contribution in [3.63, 3.8) is 0 Å². The van der Waals surface area contributed by atoms with E-state index in [-0.39, 0.29) is 11.3 Å². The minimum Gasteiger partial charge on any atom is -0.493 e. The van der Waals surface area contributed by atoms with E-state index in [9.17, 15) is 13.2 Å². The van der Waals surface area contributed by atoms with Crippen molar-refractivity contribution in [2.75, 3.05) is 37.1 Å². The highest BCUT2D eigenvalue weighted by Gasteiger charge is 2.23. The van der Waals surface area contributed by atoms with Crippen LogP contribution in [-0.4, -0.2) is 41.8 Å². The van der Waals surface area contributed by atoms with E-state index in [1.807, 2.05) is 24.3 Å². The Bertz CT molecular complexity index is 956. The maximum atomic E-state index is 13.0. The lowest BCUT2D eigenvalue weighted by atomic mass is 10.1. The smallest absolute Gasteiger partial charge is 0.257 e. The molecule has 0 saturated carbocycles. The fourth-order valence-electron chi connectivity index (χ4n) is 2.82. The molecule has 0 aromatic heterocycles. The van der Waals surface area contributed by atoms with E-state index in [1.165, 1.54) is 39.0 Å². The predicted molar refractivity (Wildman–Crippen MR) is 116 cm³/mol. The normalized spacial score (nSPS) is 11.1. The van der Waals surface area contributed by atoms with Gasteiger partial charge in [-0.25, -0.2) is 8.42 Å². The lowest BCUT2D eigenvalue weighted by Crippen LogP contribution is -2.28. The van der Waals surface area contributed by atoms with Gasteiger partial charge in [0.15, 0.2) is 11.5 Å². The number of hydrogen-bond acceptors (Lipinski definition) is 5. The Morgan fingerprint density at radius 2 is 1.66 bits per heavy atom. The van der Waals surface area contributed by atoms with Gasteiger partial charge in [0, 0.05) is 18.8 Å². The second-order valence-corrected chi connectivity index (χ2v) is 8.72. The molecular formula is C21H28N2O5S. The SMILES string of the molecule is CCCCc1ccc(NC(=O)c2cc(OC)c(OC)cc2N(C)S(C)(=O)=O)cc1. The molecule has 0 atom stereocenters. The van der Waals surface area contributed by atoms with E-state index in [0.717, 1.165) is 29.8 Å². The van der Waals surface area contributed by atoms with Crippen LogP contribution in [0.15, 0.2) is 36.4 Å². The molecule has 0 radical (unpaired) electrons. The summed E-state index contributed by atoms with van der Waals surface area (Å²) in [5.74, 6) is 0.214. The molecule has 2 aromatic rings. The van der Waals surface area contributed by atoms with Gasteiger partial charge in [0.25, 0.3) is 5.91 Å². The molecule has 0 aliphatic rings. The van der Waals surface area contributed by atoms with Crippen molar-refractivity contribution >= 4 is 27.3 Å². The molecule has 8 heteroatoms. The molecule has 1 amide bonds. The third kappa shape index (κ3) is 5.63. The van der Waals surface area contributed by atoms with Crippen LogP contribution in [0, 0.1) is 0 Å². The topological polar surface area (TPSA) is 84.9 Å². The molecule has 0 bridgehead atoms. The summed E-state index contributed by atoms with van der Waals surface area (Å²) in [5, 5.41) is 2.82. The molecule has 158 valence electrons. The summed E-state index contributed by atoms with van der Waals surface area (Å²) in [5.41, 5.74) is 2.18. The fourth-order valence-corrected chi connectivity index (χ4v) is 3.33. The first-order valence-corrected chi connectivity index (χ1v) is 11.2. The number of nitrogens with zero attached hydrogens (tertiary/aromatic N) is 1. The molecule has 0 heterocycles. The van der Waals surface area contributed by atoms with Crippen LogP contribution in [0.4, 0.5) is 11.4 Å². The largest absolute Gasteiger partial charge is 0.493 e. The Balaban J connectivity index is 2.39. The van der Waals surface area contributed by atoms with Gasteiger partial charge in [-0.05, 0) is 36.6 Å². The number of carbonyl (C=O) groups is 1. The number of unbranched alkanes of at least 4 members (excludes halogenated alkanes) is 1. The minimum atomic E-state index is -3.59. The number of methoxy groups -OCH3 is 2. The summed E-state index contributed by atoms with van der Waals surface area (Å²) in [6.45, 7) is 2.14. The summed E-state index contributed by atoms with van der Waals surface area (Å²) in [6, 6.07) is 10.6. The van der Waals surface area contributed by atoms with Crippen molar-refractivity contribution in [3.05, 3.63) is 47.5 Å². The van der Waals surface area contributed by atoms with Gasteiger partial charge in [0.05, 0.1) is 31.7 Å². The van der Waals surface area contributed by atoms with Gasteiger partial charge in [-0.3, -0.25) is 9.10 Å². The zero-order chi connectivity index (χ0) is 21.6. The van der Waals surface area contributed by atoms with Gasteiger partial charge in [-0.2, -0.15) is 0 Å². The molecule has 7 nitrogen and oxygen atoms in total. The number of hydrogen-bond donors (Lipinski definition) is 1. The van der Waals surface area contributed by atoms with Gasteiger partial charge in [0.2, 0.25) is 10.0 Å². The van der Waals surface area contributed by atoms with Crippen molar-refractivity contribution in [2.24, 2.45) is 0 Å². The molecule has 0 spiro atoms. The Labute approximate surface area is 172 Å². The number of aryl methyl sites for hydroxylation is 1. The minimum absolute atomic E-state index is 0.158. The van der Waals surface area contributed by atoms with Crippen LogP contribution in [0.2, 0.25) is 0 Å². The highest BCUT2D eigenvalue weighted by molar-refractivity contribution is 7.92. The Morgan fingerprint density at radius 3 is 2.17 bits per heavy atom. The van der Waals surface area contributed by atoms with Crippen LogP contribution in [0.25, 0.3) is 0 Å². The molecule has 0 unspecified atom stereocenters. The number of amides is 1. The average molecular weight is 421 g/mol. The molecule has 0 fully saturated rings. The summed E-state index contributed by atoms with van der Waals surface area (Å²) < 4.78 is 35.7. The second-order valence-electron chi connectivity index (χ2n) is 6.71. The zero-order valence-electron chi connectivity index (χ0n) is 17.5. The first kappa shape index (κ1) is 22.5. The second kappa shape index (κ2) is 9.65. The Hall–Kier alpha value is -2.74. The third-order valence-corrected chi connectivity index (χ3v) is 5.81. The highest BCUT2D eigenvalue weighted by Crippen LogP contribution is 2.36. The number of nitrogens with one attached hydrogen (secondary N) is 1. The van der Waals surface area contributed by atoms with Crippen LogP contribution >= 0.6 is 0 Å². The van der Waals surface area contributed by atoms with Crippen molar-refractivity contribution < 1.29 is 22.7 Å². The van der Waals surface area contributed by atoms with Crippen LogP contribution in [0.1, 0.15) is 35.7 Å². The van der Waals surface area contributed by atoms with Gasteiger partial charge in [0.1, 0.15) is 0 Å². The number of rotatable bonds is 9. The number of ether oxygens (including phenoxy) is 2. The summed E-state index contributed by atoms with van der Waals surface area (Å²) >= 11 is 0. The van der Waals surface area contributed by atoms with Gasteiger partial charge < -0.3 is 14.8 Å². The van der Waals surface area contributed by atoms with Crippen molar-refractivity contribution in [1.29, 1.82) is 0 Å². The van der Waals surface area contributed by atoms with E-state index in [0.29, 0.717) is 17.2 Å². The number of carbonyl (C=O) groups excluding carboxylic acids is 1. The highest BCUT2D eigenvalue weighted by atomic mass is 32.2. The molecular weight excluding hydrogens is 392 g/mol. The van der Waals surface area contributed by atoms with E-state index >= 15 is 0 Å². The van der Waals surface area contributed by atoms with Crippen LogP contribution in [0.3, 0.4) is 0 Å². The molecule has 2 rings (SSSR count). The Morgan fingerprint density at radius 1 is 1.07 bits per heavy atom. The summed E-state index contributed by atoms with van der Waals surface area (Å²) in [7, 11) is 0.697. The van der Waals surface area contributed by atoms with Crippen molar-refractivity contribution in [3.8, 4) is 11.5 Å². The van der Waals surface area contributed by atoms with Crippen LogP contribution in [0.5, 0.6) is 11.5 Å². The summed E-state index contributed by atoms with van der Waals surface area (Å²) in [6.07, 6.45) is 4.29. The molecule has 0 aliphatic heterocycles. The van der Waals surface area contributed by atoms with Crippen LogP contribution < -0.4 is 19.1 Å². The van der Waals surface area contributed by atoms with Gasteiger partial charge >= 0.3 is 0 Å². The predicted octanol–water partition coefficient (Wildman–Crippen LogP) is 3.69. The third-order valence-electron chi connectivity index (χ3n) is 4.61. The van der Waals surface area contributed by atoms with Crippen molar-refractivity contribution in [1.82, 2.24) is 0 Å². The average Bonchev–Trinajstić information content (AvgIpc) is 2.70. The molecule has 0 aliphatic carbocycles. The summed E-state index contributed by atoms with van der Waals surface area (Å²) in [4.78, 5) is 13.0. The number of anilines is 2. The van der Waals surface area contributed by atoms with Crippen molar-refractivity contribution in [2.45, 2.75) is 26.2 Å². The van der Waals surface area contributed by atoms with Gasteiger partial charge in [-0.15, -0.1) is 0 Å². The van der Waals surface area contributed by atoms with E-state index < -0.39 is 15.9 Å². The quantitative estimate of drug-likeness (QED) is 0.669.